The van der Waals surface area contributed by atoms with Crippen molar-refractivity contribution in [2.45, 2.75) is 6.04 Å². The minimum absolute atomic E-state index is 0.361. The lowest BCUT2D eigenvalue weighted by Gasteiger charge is -2.14. The molecule has 0 bridgehead atoms. The number of carbonyl (C=O) groups excluding carboxylic acids is 1. The molecule has 0 fully saturated rings. The van der Waals surface area contributed by atoms with Crippen LogP contribution in [-0.2, 0) is 4.79 Å². The van der Waals surface area contributed by atoms with Crippen molar-refractivity contribution in [3.05, 3.63) is 89.1 Å². The van der Waals surface area contributed by atoms with Gasteiger partial charge in [-0.2, -0.15) is 0 Å². The molecule has 2 aromatic carbocycles. The molecule has 0 aliphatic heterocycles. The second-order valence-corrected chi connectivity index (χ2v) is 5.84. The number of rotatable bonds is 6. The van der Waals surface area contributed by atoms with E-state index in [0.717, 1.165) is 5.56 Å². The predicted molar refractivity (Wildman–Crippen MR) is 88.6 cm³/mol. The Morgan fingerprint density at radius 1 is 0.893 bits per heavy atom. The third-order valence-electron chi connectivity index (χ3n) is 4.02. The van der Waals surface area contributed by atoms with Gasteiger partial charge in [-0.05, 0) is 12.1 Å². The van der Waals surface area contributed by atoms with Gasteiger partial charge in [0.2, 0.25) is 5.82 Å². The lowest BCUT2D eigenvalue weighted by atomic mass is 10.0. The fourth-order valence-electron chi connectivity index (χ4n) is 2.68. The van der Waals surface area contributed by atoms with Crippen LogP contribution in [0, 0.1) is 29.1 Å². The van der Waals surface area contributed by atoms with Crippen molar-refractivity contribution in [3.63, 3.8) is 0 Å². The molecule has 1 heterocycles. The van der Waals surface area contributed by atoms with Crippen LogP contribution in [0.15, 0.2) is 53.1 Å². The van der Waals surface area contributed by atoms with Gasteiger partial charge in [-0.25, -0.2) is 22.0 Å². The van der Waals surface area contributed by atoms with Gasteiger partial charge in [-0.1, -0.05) is 30.3 Å². The fraction of sp³-hybridized carbons (Fsp3) is 0.105. The molecule has 146 valence electrons. The second-order valence-electron chi connectivity index (χ2n) is 5.84. The molecule has 0 saturated heterocycles. The summed E-state index contributed by atoms with van der Waals surface area (Å²) < 4.78 is 72.3. The highest BCUT2D eigenvalue weighted by atomic mass is 19.2. The molecule has 1 amide bonds. The molecule has 0 spiro atoms. The Morgan fingerprint density at radius 3 is 2.07 bits per heavy atom. The quantitative estimate of drug-likeness (QED) is 0.381. The zero-order valence-electron chi connectivity index (χ0n) is 14.2. The summed E-state index contributed by atoms with van der Waals surface area (Å²) in [6.45, 7) is -0.361. The summed E-state index contributed by atoms with van der Waals surface area (Å²) in [5, 5.41) is 3.25. The van der Waals surface area contributed by atoms with E-state index in [-0.39, 0.29) is 6.54 Å². The van der Waals surface area contributed by atoms with Crippen LogP contribution >= 0.6 is 0 Å². The smallest absolute Gasteiger partial charge is 0.279 e. The van der Waals surface area contributed by atoms with Gasteiger partial charge in [0.05, 0.1) is 6.26 Å². The van der Waals surface area contributed by atoms with Gasteiger partial charge in [0.15, 0.2) is 41.6 Å². The first kappa shape index (κ1) is 19.6. The SMILES string of the molecule is O=C(C[NH2+][C@H](c1ccccc1)c1ccco1)Nc1c(F)c(F)c(F)c(F)c1F. The van der Waals surface area contributed by atoms with Crippen LogP contribution in [0.1, 0.15) is 17.4 Å². The second kappa shape index (κ2) is 8.22. The molecule has 3 aromatic rings. The first-order valence-electron chi connectivity index (χ1n) is 8.13. The normalized spacial score (nSPS) is 12.0. The summed E-state index contributed by atoms with van der Waals surface area (Å²) >= 11 is 0. The number of halogens is 5. The molecular formula is C19H14F5N2O2+. The highest BCUT2D eigenvalue weighted by molar-refractivity contribution is 5.91. The zero-order chi connectivity index (χ0) is 20.3. The fourth-order valence-corrected chi connectivity index (χ4v) is 2.68. The number of benzene rings is 2. The number of nitrogens with one attached hydrogen (secondary N) is 1. The lowest BCUT2D eigenvalue weighted by Crippen LogP contribution is -2.87. The molecule has 0 aliphatic carbocycles. The molecule has 4 nitrogen and oxygen atoms in total. The summed E-state index contributed by atoms with van der Waals surface area (Å²) in [7, 11) is 0. The van der Waals surface area contributed by atoms with Gasteiger partial charge < -0.3 is 15.1 Å². The van der Waals surface area contributed by atoms with Gasteiger partial charge in [0.1, 0.15) is 5.69 Å². The molecule has 1 aromatic heterocycles. The molecule has 0 radical (unpaired) electrons. The van der Waals surface area contributed by atoms with E-state index < -0.39 is 46.7 Å². The largest absolute Gasteiger partial charge is 0.463 e. The Bertz CT molecular complexity index is 949. The maximum absolute atomic E-state index is 13.7. The number of quaternary nitrogens is 1. The minimum Gasteiger partial charge on any atom is -0.463 e. The minimum atomic E-state index is -2.29. The van der Waals surface area contributed by atoms with Crippen molar-refractivity contribution in [2.75, 3.05) is 11.9 Å². The van der Waals surface area contributed by atoms with Crippen molar-refractivity contribution in [3.8, 4) is 0 Å². The van der Waals surface area contributed by atoms with E-state index in [0.29, 0.717) is 5.76 Å². The monoisotopic (exact) mass is 397 g/mol. The van der Waals surface area contributed by atoms with Gasteiger partial charge in [-0.15, -0.1) is 0 Å². The van der Waals surface area contributed by atoms with Crippen molar-refractivity contribution in [2.24, 2.45) is 0 Å². The molecule has 3 N–H and O–H groups in total. The summed E-state index contributed by atoms with van der Waals surface area (Å²) in [4.78, 5) is 12.1. The first-order valence-corrected chi connectivity index (χ1v) is 8.13. The van der Waals surface area contributed by atoms with Gasteiger partial charge >= 0.3 is 0 Å². The first-order chi connectivity index (χ1) is 13.4. The summed E-state index contributed by atoms with van der Waals surface area (Å²) in [6.07, 6.45) is 1.45. The maximum atomic E-state index is 13.7. The van der Waals surface area contributed by atoms with E-state index in [2.05, 4.69) is 0 Å². The molecule has 0 saturated carbocycles. The number of furan rings is 1. The van der Waals surface area contributed by atoms with E-state index >= 15 is 0 Å². The molecule has 0 aliphatic rings. The van der Waals surface area contributed by atoms with E-state index in [1.165, 1.54) is 11.6 Å². The van der Waals surface area contributed by atoms with Crippen LogP contribution in [0.2, 0.25) is 0 Å². The van der Waals surface area contributed by atoms with Crippen LogP contribution in [0.4, 0.5) is 27.6 Å². The number of amides is 1. The third-order valence-corrected chi connectivity index (χ3v) is 4.02. The number of hydrogen-bond acceptors (Lipinski definition) is 2. The summed E-state index contributed by atoms with van der Waals surface area (Å²) in [6, 6.07) is 11.9. The molecule has 0 unspecified atom stereocenters. The number of hydrogen-bond donors (Lipinski definition) is 2. The average Bonchev–Trinajstić information content (AvgIpc) is 3.24. The molecule has 9 heteroatoms. The Morgan fingerprint density at radius 2 is 1.50 bits per heavy atom. The number of nitrogens with two attached hydrogens (primary N) is 1. The average molecular weight is 397 g/mol. The van der Waals surface area contributed by atoms with Gasteiger partial charge in [0, 0.05) is 5.56 Å². The highest BCUT2D eigenvalue weighted by Crippen LogP contribution is 2.27. The Balaban J connectivity index is 1.76. The summed E-state index contributed by atoms with van der Waals surface area (Å²) in [5.41, 5.74) is -0.592. The van der Waals surface area contributed by atoms with Crippen LogP contribution in [-0.4, -0.2) is 12.5 Å². The van der Waals surface area contributed by atoms with Crippen molar-refractivity contribution in [1.82, 2.24) is 0 Å². The predicted octanol–water partition coefficient (Wildman–Crippen LogP) is 3.27. The number of anilines is 1. The van der Waals surface area contributed by atoms with Crippen LogP contribution in [0.25, 0.3) is 0 Å². The molecule has 1 atom stereocenters. The Labute approximate surface area is 156 Å². The van der Waals surface area contributed by atoms with Crippen molar-refractivity contribution < 1.29 is 36.5 Å². The maximum Gasteiger partial charge on any atom is 0.279 e. The third kappa shape index (κ3) is 3.89. The van der Waals surface area contributed by atoms with Crippen LogP contribution in [0.3, 0.4) is 0 Å². The van der Waals surface area contributed by atoms with Gasteiger partial charge in [-0.3, -0.25) is 4.79 Å². The van der Waals surface area contributed by atoms with E-state index in [1.807, 2.05) is 0 Å². The molecule has 28 heavy (non-hydrogen) atoms. The Hall–Kier alpha value is -3.20. The topological polar surface area (TPSA) is 58.9 Å². The lowest BCUT2D eigenvalue weighted by molar-refractivity contribution is -0.678. The summed E-state index contributed by atoms with van der Waals surface area (Å²) in [5.74, 6) is -11.2. The molecule has 3 rings (SSSR count). The Kier molecular flexibility index (Phi) is 5.74. The number of carbonyl (C=O) groups is 1. The standard InChI is InChI=1S/C19H13F5N2O2/c20-13-14(21)16(23)19(17(24)15(13)22)26-12(27)9-25-18(11-7-4-8-28-11)10-5-2-1-3-6-10/h1-8,18,25H,9H2,(H,26,27)/p+1/t18-/m1/s1. The highest BCUT2D eigenvalue weighted by Gasteiger charge is 2.28. The van der Waals surface area contributed by atoms with Crippen molar-refractivity contribution >= 4 is 11.6 Å². The van der Waals surface area contributed by atoms with Crippen molar-refractivity contribution in [1.29, 1.82) is 0 Å². The van der Waals surface area contributed by atoms with E-state index in [1.54, 1.807) is 47.8 Å². The van der Waals surface area contributed by atoms with Crippen LogP contribution in [0.5, 0.6) is 0 Å². The zero-order valence-corrected chi connectivity index (χ0v) is 14.2. The van der Waals surface area contributed by atoms with E-state index in [4.69, 9.17) is 4.42 Å². The van der Waals surface area contributed by atoms with E-state index in [9.17, 15) is 26.7 Å². The van der Waals surface area contributed by atoms with Gasteiger partial charge in [0.25, 0.3) is 5.91 Å². The molecular weight excluding hydrogens is 383 g/mol. The van der Waals surface area contributed by atoms with Crippen LogP contribution < -0.4 is 10.6 Å².